The Hall–Kier alpha value is -3.42. The lowest BCUT2D eigenvalue weighted by molar-refractivity contribution is -0.135. The summed E-state index contributed by atoms with van der Waals surface area (Å²) >= 11 is 0. The highest BCUT2D eigenvalue weighted by Gasteiger charge is 1.81. The van der Waals surface area contributed by atoms with Gasteiger partial charge < -0.3 is 10.2 Å². The first-order valence-electron chi connectivity index (χ1n) is 6.43. The number of hydrogen-bond donors (Lipinski definition) is 2. The van der Waals surface area contributed by atoms with Gasteiger partial charge in [-0.3, -0.25) is 29.1 Å². The van der Waals surface area contributed by atoms with Crippen molar-refractivity contribution in [2.24, 2.45) is 0 Å². The first-order valence-corrected chi connectivity index (χ1v) is 6.43. The monoisotopic (exact) mass is 334 g/mol. The number of carboxylic acid groups (broad SMARTS) is 2. The molecule has 0 radical (unpaired) electrons. The molecule has 128 valence electrons. The van der Waals surface area contributed by atoms with E-state index in [-0.39, 0.29) is 0 Å². The van der Waals surface area contributed by atoms with E-state index in [2.05, 4.69) is 9.97 Å². The standard InChI is InChI=1S/2C6H5NO.2C2H4O2/c2*8-5-6-2-1-3-7-4-6;2*1-2(3)4/h2*1-5H;2*1H3,(H,3,4). The summed E-state index contributed by atoms with van der Waals surface area (Å²) < 4.78 is 0. The van der Waals surface area contributed by atoms with Crippen LogP contribution in [0, 0.1) is 0 Å². The molecular weight excluding hydrogens is 316 g/mol. The van der Waals surface area contributed by atoms with Crippen LogP contribution in [0.4, 0.5) is 0 Å². The maximum Gasteiger partial charge on any atom is 0.300 e. The summed E-state index contributed by atoms with van der Waals surface area (Å²) in [5, 5.41) is 14.8. The van der Waals surface area contributed by atoms with Gasteiger partial charge in [0.1, 0.15) is 0 Å². The lowest BCUT2D eigenvalue weighted by Gasteiger charge is -1.81. The summed E-state index contributed by atoms with van der Waals surface area (Å²) in [6.45, 7) is 2.17. The zero-order chi connectivity index (χ0) is 18.8. The topological polar surface area (TPSA) is 135 Å². The maximum absolute atomic E-state index is 9.97. The highest BCUT2D eigenvalue weighted by Crippen LogP contribution is 1.88. The highest BCUT2D eigenvalue weighted by molar-refractivity contribution is 5.74. The number of carbonyl (C=O) groups excluding carboxylic acids is 2. The zero-order valence-electron chi connectivity index (χ0n) is 13.2. The van der Waals surface area contributed by atoms with Gasteiger partial charge in [-0.15, -0.1) is 0 Å². The first-order chi connectivity index (χ1) is 11.3. The summed E-state index contributed by atoms with van der Waals surface area (Å²) in [5.41, 5.74) is 1.24. The first kappa shape index (κ1) is 22.9. The predicted octanol–water partition coefficient (Wildman–Crippen LogP) is 1.97. The minimum atomic E-state index is -0.833. The van der Waals surface area contributed by atoms with E-state index in [0.29, 0.717) is 11.1 Å². The Bertz CT molecular complexity index is 539. The van der Waals surface area contributed by atoms with Gasteiger partial charge in [0.25, 0.3) is 11.9 Å². The van der Waals surface area contributed by atoms with Gasteiger partial charge in [0, 0.05) is 49.8 Å². The predicted molar refractivity (Wildman–Crippen MR) is 85.9 cm³/mol. The number of aldehydes is 2. The Morgan fingerprint density at radius 1 is 0.833 bits per heavy atom. The fraction of sp³-hybridized carbons (Fsp3) is 0.125. The highest BCUT2D eigenvalue weighted by atomic mass is 16.4. The van der Waals surface area contributed by atoms with Crippen molar-refractivity contribution in [2.45, 2.75) is 13.8 Å². The molecule has 0 aromatic carbocycles. The van der Waals surface area contributed by atoms with Crippen molar-refractivity contribution in [1.29, 1.82) is 0 Å². The molecule has 2 aromatic heterocycles. The molecule has 2 aromatic rings. The average molecular weight is 334 g/mol. The summed E-state index contributed by atoms with van der Waals surface area (Å²) in [5.74, 6) is -1.67. The van der Waals surface area contributed by atoms with Crippen LogP contribution < -0.4 is 0 Å². The van der Waals surface area contributed by atoms with Crippen LogP contribution in [0.5, 0.6) is 0 Å². The molecule has 0 spiro atoms. The average Bonchev–Trinajstić information content (AvgIpc) is 2.56. The molecule has 0 saturated carbocycles. The van der Waals surface area contributed by atoms with Gasteiger partial charge in [0.15, 0.2) is 12.6 Å². The van der Waals surface area contributed by atoms with Crippen molar-refractivity contribution in [1.82, 2.24) is 9.97 Å². The molecule has 8 heteroatoms. The molecule has 0 fully saturated rings. The fourth-order valence-corrected chi connectivity index (χ4v) is 0.891. The Kier molecular flexibility index (Phi) is 15.2. The Balaban J connectivity index is 0. The van der Waals surface area contributed by atoms with Crippen LogP contribution >= 0.6 is 0 Å². The van der Waals surface area contributed by atoms with Crippen LogP contribution in [-0.2, 0) is 9.59 Å². The van der Waals surface area contributed by atoms with E-state index >= 15 is 0 Å². The number of nitrogens with zero attached hydrogens (tertiary/aromatic N) is 2. The Morgan fingerprint density at radius 2 is 1.12 bits per heavy atom. The summed E-state index contributed by atoms with van der Waals surface area (Å²) in [6, 6.07) is 6.87. The summed E-state index contributed by atoms with van der Waals surface area (Å²) in [6.07, 6.45) is 7.85. The third kappa shape index (κ3) is 20.9. The number of carbonyl (C=O) groups is 4. The SMILES string of the molecule is CC(=O)O.CC(=O)O.O=Cc1cccnc1.O=Cc1cccnc1. The Labute approximate surface area is 138 Å². The molecule has 2 rings (SSSR count). The number of aliphatic carboxylic acids is 2. The molecule has 0 aliphatic carbocycles. The van der Waals surface area contributed by atoms with Crippen molar-refractivity contribution in [3.05, 3.63) is 60.2 Å². The van der Waals surface area contributed by atoms with Gasteiger partial charge >= 0.3 is 0 Å². The fourth-order valence-electron chi connectivity index (χ4n) is 0.891. The molecule has 0 saturated heterocycles. The van der Waals surface area contributed by atoms with E-state index in [1.165, 1.54) is 12.4 Å². The normalized spacial score (nSPS) is 7.75. The molecule has 0 unspecified atom stereocenters. The van der Waals surface area contributed by atoms with Crippen LogP contribution in [0.1, 0.15) is 34.6 Å². The lowest BCUT2D eigenvalue weighted by Crippen LogP contribution is -1.78. The van der Waals surface area contributed by atoms with E-state index in [0.717, 1.165) is 26.4 Å². The maximum atomic E-state index is 9.97. The van der Waals surface area contributed by atoms with Gasteiger partial charge in [-0.25, -0.2) is 0 Å². The molecule has 24 heavy (non-hydrogen) atoms. The number of aromatic nitrogens is 2. The summed E-state index contributed by atoms with van der Waals surface area (Å²) in [7, 11) is 0. The van der Waals surface area contributed by atoms with E-state index in [1.807, 2.05) is 0 Å². The van der Waals surface area contributed by atoms with Crippen molar-refractivity contribution < 1.29 is 29.4 Å². The van der Waals surface area contributed by atoms with Crippen molar-refractivity contribution >= 4 is 24.5 Å². The minimum Gasteiger partial charge on any atom is -0.481 e. The van der Waals surface area contributed by atoms with Crippen LogP contribution in [0.2, 0.25) is 0 Å². The summed E-state index contributed by atoms with van der Waals surface area (Å²) in [4.78, 5) is 45.4. The number of pyridine rings is 2. The van der Waals surface area contributed by atoms with Crippen LogP contribution in [0.3, 0.4) is 0 Å². The second-order valence-corrected chi connectivity index (χ2v) is 3.85. The van der Waals surface area contributed by atoms with Gasteiger partial charge in [-0.1, -0.05) is 0 Å². The third-order valence-corrected chi connectivity index (χ3v) is 1.64. The minimum absolute atomic E-state index is 0.618. The second-order valence-electron chi connectivity index (χ2n) is 3.85. The molecule has 8 nitrogen and oxygen atoms in total. The number of carboxylic acids is 2. The lowest BCUT2D eigenvalue weighted by atomic mass is 10.3. The third-order valence-electron chi connectivity index (χ3n) is 1.64. The Morgan fingerprint density at radius 3 is 1.25 bits per heavy atom. The smallest absolute Gasteiger partial charge is 0.300 e. The molecule has 2 heterocycles. The number of hydrogen-bond acceptors (Lipinski definition) is 6. The molecule has 0 aliphatic rings. The molecule has 0 atom stereocenters. The van der Waals surface area contributed by atoms with Crippen molar-refractivity contribution in [3.8, 4) is 0 Å². The zero-order valence-corrected chi connectivity index (χ0v) is 13.2. The largest absolute Gasteiger partial charge is 0.481 e. The number of rotatable bonds is 2. The van der Waals surface area contributed by atoms with Crippen molar-refractivity contribution in [2.75, 3.05) is 0 Å². The molecular formula is C16H18N2O6. The van der Waals surface area contributed by atoms with E-state index in [1.54, 1.807) is 36.7 Å². The quantitative estimate of drug-likeness (QED) is 0.796. The van der Waals surface area contributed by atoms with Gasteiger partial charge in [0.2, 0.25) is 0 Å². The van der Waals surface area contributed by atoms with Crippen LogP contribution in [0.25, 0.3) is 0 Å². The van der Waals surface area contributed by atoms with Gasteiger partial charge in [-0.05, 0) is 24.3 Å². The molecule has 0 bridgehead atoms. The van der Waals surface area contributed by atoms with E-state index in [9.17, 15) is 9.59 Å². The van der Waals surface area contributed by atoms with Crippen molar-refractivity contribution in [3.63, 3.8) is 0 Å². The second kappa shape index (κ2) is 16.0. The molecule has 2 N–H and O–H groups in total. The van der Waals surface area contributed by atoms with Crippen LogP contribution in [0.15, 0.2) is 49.1 Å². The van der Waals surface area contributed by atoms with Crippen LogP contribution in [-0.4, -0.2) is 44.7 Å². The molecule has 0 aliphatic heterocycles. The van der Waals surface area contributed by atoms with Gasteiger partial charge in [-0.2, -0.15) is 0 Å². The molecule has 0 amide bonds. The van der Waals surface area contributed by atoms with Gasteiger partial charge in [0.05, 0.1) is 0 Å². The van der Waals surface area contributed by atoms with E-state index in [4.69, 9.17) is 19.8 Å². The van der Waals surface area contributed by atoms with E-state index < -0.39 is 11.9 Å².